The zero-order valence-electron chi connectivity index (χ0n) is 13.7. The Morgan fingerprint density at radius 2 is 2.08 bits per heavy atom. The van der Waals surface area contributed by atoms with Gasteiger partial charge in [0, 0.05) is 23.8 Å². The highest BCUT2D eigenvalue weighted by molar-refractivity contribution is 7.98. The van der Waals surface area contributed by atoms with Crippen LogP contribution in [0.4, 0.5) is 0 Å². The Morgan fingerprint density at radius 3 is 2.83 bits per heavy atom. The monoisotopic (exact) mass is 345 g/mol. The van der Waals surface area contributed by atoms with E-state index in [0.717, 1.165) is 29.4 Å². The van der Waals surface area contributed by atoms with E-state index >= 15 is 0 Å². The molecule has 0 aliphatic rings. The minimum Gasteiger partial charge on any atom is -0.423 e. The van der Waals surface area contributed by atoms with Crippen molar-refractivity contribution in [3.8, 4) is 0 Å². The molecule has 1 aromatic carbocycles. The maximum Gasteiger partial charge on any atom is 0.343 e. The van der Waals surface area contributed by atoms with Gasteiger partial charge in [0.1, 0.15) is 5.58 Å². The summed E-state index contributed by atoms with van der Waals surface area (Å²) in [5.41, 5.74) is 2.04. The van der Waals surface area contributed by atoms with Crippen LogP contribution in [0, 0.1) is 0 Å². The Balaban J connectivity index is 1.93. The summed E-state index contributed by atoms with van der Waals surface area (Å²) in [7, 11) is 0. The number of nitrogens with zero attached hydrogens (tertiary/aromatic N) is 2. The maximum absolute atomic E-state index is 11.8. The fourth-order valence-electron chi connectivity index (χ4n) is 2.59. The lowest BCUT2D eigenvalue weighted by Crippen LogP contribution is -2.17. The van der Waals surface area contributed by atoms with E-state index in [4.69, 9.17) is 4.42 Å². The zero-order valence-corrected chi connectivity index (χ0v) is 14.5. The van der Waals surface area contributed by atoms with Gasteiger partial charge in [-0.05, 0) is 30.0 Å². The molecular formula is C17H19N3O3S. The van der Waals surface area contributed by atoms with Gasteiger partial charge in [-0.15, -0.1) is 5.10 Å². The summed E-state index contributed by atoms with van der Waals surface area (Å²) in [6.07, 6.45) is 1.74. The van der Waals surface area contributed by atoms with Gasteiger partial charge in [-0.2, -0.15) is 0 Å². The van der Waals surface area contributed by atoms with Crippen molar-refractivity contribution >= 4 is 22.7 Å². The average Bonchev–Trinajstić information content (AvgIpc) is 2.92. The minimum atomic E-state index is -0.362. The van der Waals surface area contributed by atoms with Crippen LogP contribution in [0.1, 0.15) is 31.4 Å². The van der Waals surface area contributed by atoms with Crippen LogP contribution in [-0.2, 0) is 18.7 Å². The van der Waals surface area contributed by atoms with Crippen LogP contribution in [-0.4, -0.2) is 14.8 Å². The van der Waals surface area contributed by atoms with E-state index in [2.05, 4.69) is 17.1 Å². The highest BCUT2D eigenvalue weighted by Crippen LogP contribution is 2.25. The molecule has 0 fully saturated rings. The van der Waals surface area contributed by atoms with E-state index < -0.39 is 0 Å². The summed E-state index contributed by atoms with van der Waals surface area (Å²) in [4.78, 5) is 23.6. The molecule has 0 spiro atoms. The molecule has 2 heterocycles. The molecule has 0 amide bonds. The van der Waals surface area contributed by atoms with Gasteiger partial charge in [-0.3, -0.25) is 4.57 Å². The molecular weight excluding hydrogens is 326 g/mol. The smallest absolute Gasteiger partial charge is 0.343 e. The molecule has 3 rings (SSSR count). The lowest BCUT2D eigenvalue weighted by Gasteiger charge is -2.07. The molecule has 2 aromatic heterocycles. The van der Waals surface area contributed by atoms with E-state index in [1.807, 2.05) is 25.1 Å². The molecule has 0 aliphatic heterocycles. The Kier molecular flexibility index (Phi) is 4.89. The van der Waals surface area contributed by atoms with Gasteiger partial charge in [0.2, 0.25) is 0 Å². The predicted molar refractivity (Wildman–Crippen MR) is 94.6 cm³/mol. The molecule has 126 valence electrons. The number of fused-ring (bicyclic) bond motifs is 1. The molecule has 0 saturated heterocycles. The number of aryl methyl sites for hydroxylation is 1. The largest absolute Gasteiger partial charge is 0.423 e. The van der Waals surface area contributed by atoms with Crippen molar-refractivity contribution in [2.75, 3.05) is 0 Å². The maximum atomic E-state index is 11.8. The number of rotatable bonds is 6. The van der Waals surface area contributed by atoms with Gasteiger partial charge >= 0.3 is 11.3 Å². The van der Waals surface area contributed by atoms with Crippen LogP contribution >= 0.6 is 11.8 Å². The van der Waals surface area contributed by atoms with E-state index in [9.17, 15) is 9.59 Å². The first-order valence-electron chi connectivity index (χ1n) is 7.96. The summed E-state index contributed by atoms with van der Waals surface area (Å²) < 4.78 is 6.94. The molecule has 0 saturated carbocycles. The lowest BCUT2D eigenvalue weighted by molar-refractivity contribution is 0.559. The van der Waals surface area contributed by atoms with Crippen molar-refractivity contribution in [2.45, 2.75) is 44.1 Å². The summed E-state index contributed by atoms with van der Waals surface area (Å²) in [5, 5.41) is 8.09. The molecule has 3 aromatic rings. The van der Waals surface area contributed by atoms with Crippen LogP contribution in [0.15, 0.2) is 43.4 Å². The molecule has 0 unspecified atom stereocenters. The minimum absolute atomic E-state index is 0.204. The van der Waals surface area contributed by atoms with E-state index in [1.165, 1.54) is 17.8 Å². The van der Waals surface area contributed by atoms with E-state index in [1.54, 1.807) is 4.57 Å². The van der Waals surface area contributed by atoms with Crippen LogP contribution in [0.5, 0.6) is 0 Å². The molecule has 0 bridgehead atoms. The van der Waals surface area contributed by atoms with Crippen molar-refractivity contribution in [3.05, 3.63) is 56.3 Å². The molecule has 0 radical (unpaired) electrons. The molecule has 6 nitrogen and oxygen atoms in total. The van der Waals surface area contributed by atoms with Crippen molar-refractivity contribution < 1.29 is 4.42 Å². The SMILES string of the molecule is CCCn1c(SCc2cc(=O)oc3cc(CC)ccc23)n[nH]c1=O. The molecule has 24 heavy (non-hydrogen) atoms. The van der Waals surface area contributed by atoms with Crippen molar-refractivity contribution in [1.29, 1.82) is 0 Å². The Morgan fingerprint density at radius 1 is 1.25 bits per heavy atom. The number of hydrogen-bond donors (Lipinski definition) is 1. The van der Waals surface area contributed by atoms with Crippen molar-refractivity contribution in [2.24, 2.45) is 0 Å². The van der Waals surface area contributed by atoms with Gasteiger partial charge in [0.15, 0.2) is 5.16 Å². The highest BCUT2D eigenvalue weighted by Gasteiger charge is 2.11. The predicted octanol–water partition coefficient (Wildman–Crippen LogP) is 2.94. The molecule has 7 heteroatoms. The number of H-pyrrole nitrogens is 1. The van der Waals surface area contributed by atoms with Gasteiger partial charge < -0.3 is 4.42 Å². The first-order valence-corrected chi connectivity index (χ1v) is 8.94. The molecule has 0 atom stereocenters. The second kappa shape index (κ2) is 7.09. The lowest BCUT2D eigenvalue weighted by atomic mass is 10.1. The summed E-state index contributed by atoms with van der Waals surface area (Å²) in [6, 6.07) is 7.44. The highest BCUT2D eigenvalue weighted by atomic mass is 32.2. The Bertz CT molecular complexity index is 971. The summed E-state index contributed by atoms with van der Waals surface area (Å²) >= 11 is 1.43. The normalized spacial score (nSPS) is 11.2. The Hall–Kier alpha value is -2.28. The quantitative estimate of drug-likeness (QED) is 0.549. The van der Waals surface area contributed by atoms with E-state index in [0.29, 0.717) is 23.0 Å². The van der Waals surface area contributed by atoms with Gasteiger partial charge in [-0.1, -0.05) is 37.7 Å². The summed E-state index contributed by atoms with van der Waals surface area (Å²) in [6.45, 7) is 4.69. The first kappa shape index (κ1) is 16.6. The average molecular weight is 345 g/mol. The van der Waals surface area contributed by atoms with E-state index in [-0.39, 0.29) is 11.3 Å². The third-order valence-electron chi connectivity index (χ3n) is 3.83. The fraction of sp³-hybridized carbons (Fsp3) is 0.353. The fourth-order valence-corrected chi connectivity index (χ4v) is 3.55. The second-order valence-corrected chi connectivity index (χ2v) is 6.47. The van der Waals surface area contributed by atoms with Gasteiger partial charge in [0.05, 0.1) is 0 Å². The molecule has 0 aliphatic carbocycles. The van der Waals surface area contributed by atoms with Crippen molar-refractivity contribution in [1.82, 2.24) is 14.8 Å². The van der Waals surface area contributed by atoms with Crippen LogP contribution in [0.25, 0.3) is 11.0 Å². The standard InChI is InChI=1S/C17H19N3O3S/c1-3-7-20-16(22)18-19-17(20)24-10-12-9-15(21)23-14-8-11(4-2)5-6-13(12)14/h5-6,8-9H,3-4,7,10H2,1-2H3,(H,18,22). The zero-order chi connectivity index (χ0) is 17.1. The second-order valence-electron chi connectivity index (χ2n) is 5.53. The Labute approximate surface area is 142 Å². The molecule has 1 N–H and O–H groups in total. The van der Waals surface area contributed by atoms with Crippen LogP contribution in [0.3, 0.4) is 0 Å². The van der Waals surface area contributed by atoms with Gasteiger partial charge in [-0.25, -0.2) is 14.7 Å². The number of aromatic amines is 1. The number of thioether (sulfide) groups is 1. The third kappa shape index (κ3) is 3.31. The number of benzene rings is 1. The summed E-state index contributed by atoms with van der Waals surface area (Å²) in [5.74, 6) is 0.543. The third-order valence-corrected chi connectivity index (χ3v) is 4.86. The topological polar surface area (TPSA) is 80.9 Å². The number of nitrogens with one attached hydrogen (secondary N) is 1. The number of hydrogen-bond acceptors (Lipinski definition) is 5. The van der Waals surface area contributed by atoms with Crippen LogP contribution < -0.4 is 11.3 Å². The van der Waals surface area contributed by atoms with Gasteiger partial charge in [0.25, 0.3) is 0 Å². The first-order chi connectivity index (χ1) is 11.6. The van der Waals surface area contributed by atoms with Crippen LogP contribution in [0.2, 0.25) is 0 Å². The number of aromatic nitrogens is 3. The van der Waals surface area contributed by atoms with Crippen molar-refractivity contribution in [3.63, 3.8) is 0 Å².